The summed E-state index contributed by atoms with van der Waals surface area (Å²) in [4.78, 5) is 17.3. The van der Waals surface area contributed by atoms with Crippen LogP contribution in [0.5, 0.6) is 0 Å². The summed E-state index contributed by atoms with van der Waals surface area (Å²) >= 11 is 0. The lowest BCUT2D eigenvalue weighted by Crippen LogP contribution is -2.39. The minimum Gasteiger partial charge on any atom is -0.444 e. The third-order valence-electron chi connectivity index (χ3n) is 2.84. The van der Waals surface area contributed by atoms with Gasteiger partial charge >= 0.3 is 6.09 Å². The molecule has 0 unspecified atom stereocenters. The lowest BCUT2D eigenvalue weighted by molar-refractivity contribution is 0.0216. The Morgan fingerprint density at radius 3 is 2.20 bits per heavy atom. The van der Waals surface area contributed by atoms with Crippen LogP contribution in [0.25, 0.3) is 0 Å². The van der Waals surface area contributed by atoms with E-state index in [0.717, 1.165) is 31.6 Å². The molecule has 2 rings (SSSR count). The van der Waals surface area contributed by atoms with Crippen LogP contribution in [0.2, 0.25) is 0 Å². The number of ether oxygens (including phenoxy) is 1. The van der Waals surface area contributed by atoms with Gasteiger partial charge in [0, 0.05) is 26.3 Å². The van der Waals surface area contributed by atoms with Crippen LogP contribution in [0.15, 0.2) is 12.5 Å². The number of hydrogen-bond donors (Lipinski definition) is 0. The highest BCUT2D eigenvalue weighted by Crippen LogP contribution is 2.14. The van der Waals surface area contributed by atoms with Crippen LogP contribution in [-0.2, 0) is 11.8 Å². The molecular weight excluding hydrogens is 254 g/mol. The van der Waals surface area contributed by atoms with E-state index in [1.165, 1.54) is 6.42 Å². The summed E-state index contributed by atoms with van der Waals surface area (Å²) in [6.07, 6.45) is 7.06. The van der Waals surface area contributed by atoms with E-state index in [9.17, 15) is 4.79 Å². The second kappa shape index (κ2) is 7.31. The second-order valence-corrected chi connectivity index (χ2v) is 6.21. The zero-order valence-electron chi connectivity index (χ0n) is 13.3. The normalized spacial score (nSPS) is 15.3. The first-order chi connectivity index (χ1) is 9.28. The van der Waals surface area contributed by atoms with Gasteiger partial charge in [0.2, 0.25) is 0 Å². The maximum Gasteiger partial charge on any atom is 0.410 e. The highest BCUT2D eigenvalue weighted by Gasteiger charge is 2.22. The molecule has 0 atom stereocenters. The molecule has 0 N–H and O–H groups in total. The molecule has 0 bridgehead atoms. The van der Waals surface area contributed by atoms with Crippen LogP contribution in [-0.4, -0.2) is 39.2 Å². The largest absolute Gasteiger partial charge is 0.444 e. The number of rotatable bonds is 0. The molecule has 1 aliphatic rings. The summed E-state index contributed by atoms with van der Waals surface area (Å²) < 4.78 is 7.19. The van der Waals surface area contributed by atoms with Gasteiger partial charge in [0.15, 0.2) is 0 Å². The second-order valence-electron chi connectivity index (χ2n) is 6.21. The fraction of sp³-hybridized carbons (Fsp3) is 0.733. The third-order valence-corrected chi connectivity index (χ3v) is 2.84. The van der Waals surface area contributed by atoms with Crippen LogP contribution in [0, 0.1) is 6.92 Å². The predicted molar refractivity (Wildman–Crippen MR) is 79.6 cm³/mol. The van der Waals surface area contributed by atoms with Gasteiger partial charge in [-0.15, -0.1) is 0 Å². The standard InChI is InChI=1S/C10H19NO2.C5H8N2/c1-10(2,3)13-9(12)11-7-5-4-6-8-11;1-5-3-7(2)4-6-5/h4-8H2,1-3H3;3-4H,1-2H3. The highest BCUT2D eigenvalue weighted by atomic mass is 16.6. The number of likely N-dealkylation sites (tertiary alicyclic amines) is 1. The van der Waals surface area contributed by atoms with E-state index < -0.39 is 0 Å². The van der Waals surface area contributed by atoms with Crippen molar-refractivity contribution in [2.75, 3.05) is 13.1 Å². The molecular formula is C15H27N3O2. The number of carbonyl (C=O) groups is 1. The van der Waals surface area contributed by atoms with Gasteiger partial charge in [0.05, 0.1) is 12.0 Å². The molecule has 1 amide bonds. The first kappa shape index (κ1) is 16.5. The quantitative estimate of drug-likeness (QED) is 0.734. The molecule has 1 fully saturated rings. The van der Waals surface area contributed by atoms with Crippen LogP contribution in [0.3, 0.4) is 0 Å². The van der Waals surface area contributed by atoms with Crippen molar-refractivity contribution in [2.24, 2.45) is 7.05 Å². The van der Waals surface area contributed by atoms with E-state index >= 15 is 0 Å². The van der Waals surface area contributed by atoms with Gasteiger partial charge in [-0.05, 0) is 47.0 Å². The molecule has 1 aromatic rings. The van der Waals surface area contributed by atoms with E-state index in [1.54, 1.807) is 11.2 Å². The molecule has 5 heteroatoms. The summed E-state index contributed by atoms with van der Waals surface area (Å²) in [5.41, 5.74) is 0.705. The zero-order chi connectivity index (χ0) is 15.2. The van der Waals surface area contributed by atoms with Crippen LogP contribution in [0.4, 0.5) is 4.79 Å². The molecule has 20 heavy (non-hydrogen) atoms. The van der Waals surface area contributed by atoms with Gasteiger partial charge in [-0.2, -0.15) is 0 Å². The zero-order valence-corrected chi connectivity index (χ0v) is 13.3. The molecule has 0 aromatic carbocycles. The monoisotopic (exact) mass is 281 g/mol. The lowest BCUT2D eigenvalue weighted by atomic mass is 10.1. The molecule has 0 saturated carbocycles. The highest BCUT2D eigenvalue weighted by molar-refractivity contribution is 5.68. The smallest absolute Gasteiger partial charge is 0.410 e. The number of imidazole rings is 1. The molecule has 0 aliphatic carbocycles. The fourth-order valence-corrected chi connectivity index (χ4v) is 1.95. The van der Waals surface area contributed by atoms with Gasteiger partial charge in [0.1, 0.15) is 5.60 Å². The third kappa shape index (κ3) is 6.59. The van der Waals surface area contributed by atoms with Gasteiger partial charge in [0.25, 0.3) is 0 Å². The van der Waals surface area contributed by atoms with E-state index in [-0.39, 0.29) is 11.7 Å². The van der Waals surface area contributed by atoms with Crippen LogP contribution in [0.1, 0.15) is 45.7 Å². The first-order valence-corrected chi connectivity index (χ1v) is 7.20. The Morgan fingerprint density at radius 1 is 1.25 bits per heavy atom. The molecule has 0 radical (unpaired) electrons. The predicted octanol–water partition coefficient (Wildman–Crippen LogP) is 3.14. The number of carbonyl (C=O) groups excluding carboxylic acids is 1. The molecule has 114 valence electrons. The number of amides is 1. The van der Waals surface area contributed by atoms with E-state index in [2.05, 4.69) is 4.98 Å². The summed E-state index contributed by atoms with van der Waals surface area (Å²) in [7, 11) is 1.96. The van der Waals surface area contributed by atoms with Crippen molar-refractivity contribution in [3.8, 4) is 0 Å². The molecule has 1 saturated heterocycles. The van der Waals surface area contributed by atoms with Crippen molar-refractivity contribution in [3.05, 3.63) is 18.2 Å². The van der Waals surface area contributed by atoms with Gasteiger partial charge < -0.3 is 14.2 Å². The van der Waals surface area contributed by atoms with Gasteiger partial charge in [-0.1, -0.05) is 0 Å². The summed E-state index contributed by atoms with van der Waals surface area (Å²) in [5, 5.41) is 0. The van der Waals surface area contributed by atoms with Crippen molar-refractivity contribution >= 4 is 6.09 Å². The van der Waals surface area contributed by atoms with Crippen molar-refractivity contribution in [3.63, 3.8) is 0 Å². The summed E-state index contributed by atoms with van der Waals surface area (Å²) in [6.45, 7) is 9.38. The first-order valence-electron chi connectivity index (χ1n) is 7.20. The van der Waals surface area contributed by atoms with Crippen molar-refractivity contribution < 1.29 is 9.53 Å². The average Bonchev–Trinajstić information content (AvgIpc) is 2.73. The van der Waals surface area contributed by atoms with Crippen LogP contribution >= 0.6 is 0 Å². The summed E-state index contributed by atoms with van der Waals surface area (Å²) in [6, 6.07) is 0. The number of hydrogen-bond acceptors (Lipinski definition) is 3. The van der Waals surface area contributed by atoms with Crippen LogP contribution < -0.4 is 0 Å². The Labute approximate surface area is 121 Å². The van der Waals surface area contributed by atoms with Crippen molar-refractivity contribution in [1.29, 1.82) is 0 Å². The Bertz CT molecular complexity index is 398. The van der Waals surface area contributed by atoms with E-state index in [1.807, 2.05) is 45.5 Å². The Balaban J connectivity index is 0.000000240. The number of aryl methyl sites for hydroxylation is 2. The van der Waals surface area contributed by atoms with E-state index in [4.69, 9.17) is 4.74 Å². The Kier molecular flexibility index (Phi) is 6.05. The van der Waals surface area contributed by atoms with Crippen molar-refractivity contribution in [1.82, 2.24) is 14.5 Å². The van der Waals surface area contributed by atoms with Crippen molar-refractivity contribution in [2.45, 2.75) is 52.6 Å². The Hall–Kier alpha value is -1.52. The number of piperidine rings is 1. The SMILES string of the molecule is CC(C)(C)OC(=O)N1CCCCC1.Cc1cn(C)cn1. The molecule has 2 heterocycles. The number of nitrogens with zero attached hydrogens (tertiary/aromatic N) is 3. The molecule has 1 aliphatic heterocycles. The average molecular weight is 281 g/mol. The minimum atomic E-state index is -0.367. The number of aromatic nitrogens is 2. The maximum absolute atomic E-state index is 11.5. The topological polar surface area (TPSA) is 47.4 Å². The minimum absolute atomic E-state index is 0.160. The molecule has 1 aromatic heterocycles. The molecule has 0 spiro atoms. The van der Waals surface area contributed by atoms with Gasteiger partial charge in [-0.3, -0.25) is 0 Å². The maximum atomic E-state index is 11.5. The van der Waals surface area contributed by atoms with E-state index in [0.29, 0.717) is 0 Å². The molecule has 5 nitrogen and oxygen atoms in total. The fourth-order valence-electron chi connectivity index (χ4n) is 1.95. The lowest BCUT2D eigenvalue weighted by Gasteiger charge is -2.29. The summed E-state index contributed by atoms with van der Waals surface area (Å²) in [5.74, 6) is 0. The van der Waals surface area contributed by atoms with Gasteiger partial charge in [-0.25, -0.2) is 9.78 Å². The Morgan fingerprint density at radius 2 is 1.85 bits per heavy atom.